The van der Waals surface area contributed by atoms with Gasteiger partial charge in [-0.25, -0.2) is 0 Å². The SMILES string of the molecule is CC(Nc1cnn(CC(N)=O)c1)C1CC1. The van der Waals surface area contributed by atoms with Gasteiger partial charge in [0.15, 0.2) is 0 Å². The Hall–Kier alpha value is -1.52. The molecule has 1 aliphatic rings. The van der Waals surface area contributed by atoms with Gasteiger partial charge >= 0.3 is 0 Å². The number of primary amides is 1. The van der Waals surface area contributed by atoms with Gasteiger partial charge in [0.2, 0.25) is 5.91 Å². The molecule has 1 atom stereocenters. The minimum absolute atomic E-state index is 0.138. The van der Waals surface area contributed by atoms with E-state index in [9.17, 15) is 4.79 Å². The molecular formula is C10H16N4O. The third-order valence-corrected chi connectivity index (χ3v) is 2.67. The second-order valence-corrected chi connectivity index (χ2v) is 4.16. The molecular weight excluding hydrogens is 192 g/mol. The zero-order valence-electron chi connectivity index (χ0n) is 8.81. The molecule has 1 amide bonds. The first kappa shape index (κ1) is 10.0. The number of nitrogens with two attached hydrogens (primary N) is 1. The molecule has 5 heteroatoms. The van der Waals surface area contributed by atoms with Crippen molar-refractivity contribution in [2.45, 2.75) is 32.4 Å². The van der Waals surface area contributed by atoms with Gasteiger partial charge in [-0.2, -0.15) is 5.10 Å². The highest BCUT2D eigenvalue weighted by atomic mass is 16.1. The summed E-state index contributed by atoms with van der Waals surface area (Å²) in [4.78, 5) is 10.7. The van der Waals surface area contributed by atoms with E-state index in [4.69, 9.17) is 5.73 Å². The maximum Gasteiger partial charge on any atom is 0.239 e. The van der Waals surface area contributed by atoms with E-state index in [-0.39, 0.29) is 12.5 Å². The highest BCUT2D eigenvalue weighted by Crippen LogP contribution is 2.33. The summed E-state index contributed by atoms with van der Waals surface area (Å²) in [6.45, 7) is 2.31. The molecule has 0 spiro atoms. The van der Waals surface area contributed by atoms with Crippen molar-refractivity contribution < 1.29 is 4.79 Å². The molecule has 1 aromatic heterocycles. The molecule has 0 aromatic carbocycles. The quantitative estimate of drug-likeness (QED) is 0.743. The van der Waals surface area contributed by atoms with Crippen molar-refractivity contribution >= 4 is 11.6 Å². The standard InChI is InChI=1S/C10H16N4O/c1-7(8-2-3-8)13-9-4-12-14(5-9)6-10(11)15/h4-5,7-8,13H,2-3,6H2,1H3,(H2,11,15). The molecule has 1 unspecified atom stereocenters. The van der Waals surface area contributed by atoms with Crippen LogP contribution in [0.1, 0.15) is 19.8 Å². The highest BCUT2D eigenvalue weighted by molar-refractivity contribution is 5.73. The zero-order valence-corrected chi connectivity index (χ0v) is 8.81. The molecule has 3 N–H and O–H groups in total. The number of aromatic nitrogens is 2. The summed E-state index contributed by atoms with van der Waals surface area (Å²) in [5.74, 6) is 0.421. The molecule has 5 nitrogen and oxygen atoms in total. The third-order valence-electron chi connectivity index (χ3n) is 2.67. The number of nitrogens with zero attached hydrogens (tertiary/aromatic N) is 2. The minimum Gasteiger partial charge on any atom is -0.380 e. The maximum atomic E-state index is 10.7. The fourth-order valence-corrected chi connectivity index (χ4v) is 1.66. The van der Waals surface area contributed by atoms with E-state index in [0.29, 0.717) is 6.04 Å². The number of nitrogens with one attached hydrogen (secondary N) is 1. The van der Waals surface area contributed by atoms with Crippen molar-refractivity contribution in [2.75, 3.05) is 5.32 Å². The third kappa shape index (κ3) is 2.71. The zero-order chi connectivity index (χ0) is 10.8. The van der Waals surface area contributed by atoms with Crippen LogP contribution in [-0.4, -0.2) is 21.7 Å². The van der Waals surface area contributed by atoms with Crippen molar-refractivity contribution in [3.63, 3.8) is 0 Å². The Kier molecular flexibility index (Phi) is 2.62. The Labute approximate surface area is 88.6 Å². The van der Waals surface area contributed by atoms with E-state index in [0.717, 1.165) is 11.6 Å². The van der Waals surface area contributed by atoms with Crippen LogP contribution in [0.15, 0.2) is 12.4 Å². The van der Waals surface area contributed by atoms with Crippen molar-refractivity contribution in [2.24, 2.45) is 11.7 Å². The monoisotopic (exact) mass is 208 g/mol. The first-order valence-corrected chi connectivity index (χ1v) is 5.22. The summed E-state index contributed by atoms with van der Waals surface area (Å²) in [6.07, 6.45) is 6.15. The lowest BCUT2D eigenvalue weighted by molar-refractivity contribution is -0.118. The highest BCUT2D eigenvalue weighted by Gasteiger charge is 2.27. The van der Waals surface area contributed by atoms with Gasteiger partial charge in [0, 0.05) is 12.2 Å². The van der Waals surface area contributed by atoms with E-state index in [1.165, 1.54) is 12.8 Å². The van der Waals surface area contributed by atoms with Crippen LogP contribution in [-0.2, 0) is 11.3 Å². The van der Waals surface area contributed by atoms with Crippen LogP contribution in [0.4, 0.5) is 5.69 Å². The normalized spacial score (nSPS) is 17.4. The number of rotatable bonds is 5. The number of anilines is 1. The van der Waals surface area contributed by atoms with Gasteiger partial charge in [-0.3, -0.25) is 9.48 Å². The topological polar surface area (TPSA) is 72.9 Å². The predicted octanol–water partition coefficient (Wildman–Crippen LogP) is 0.579. The number of amides is 1. The lowest BCUT2D eigenvalue weighted by atomic mass is 10.2. The molecule has 0 aliphatic heterocycles. The molecule has 15 heavy (non-hydrogen) atoms. The predicted molar refractivity (Wildman–Crippen MR) is 57.2 cm³/mol. The van der Waals surface area contributed by atoms with Crippen LogP contribution in [0.5, 0.6) is 0 Å². The summed E-state index contributed by atoms with van der Waals surface area (Å²) in [6, 6.07) is 0.483. The molecule has 1 saturated carbocycles. The Morgan fingerprint density at radius 1 is 1.80 bits per heavy atom. The summed E-state index contributed by atoms with van der Waals surface area (Å²) in [7, 11) is 0. The first-order chi connectivity index (χ1) is 7.15. The maximum absolute atomic E-state index is 10.7. The molecule has 1 heterocycles. The number of hydrogen-bond acceptors (Lipinski definition) is 3. The molecule has 2 rings (SSSR count). The van der Waals surface area contributed by atoms with Crippen molar-refractivity contribution in [1.82, 2.24) is 9.78 Å². The van der Waals surface area contributed by atoms with E-state index >= 15 is 0 Å². The van der Waals surface area contributed by atoms with Gasteiger partial charge in [0.1, 0.15) is 6.54 Å². The number of carbonyl (C=O) groups is 1. The van der Waals surface area contributed by atoms with Crippen molar-refractivity contribution in [3.8, 4) is 0 Å². The van der Waals surface area contributed by atoms with E-state index in [1.54, 1.807) is 10.9 Å². The molecule has 0 radical (unpaired) electrons. The van der Waals surface area contributed by atoms with Crippen LogP contribution in [0.3, 0.4) is 0 Å². The van der Waals surface area contributed by atoms with Crippen molar-refractivity contribution in [1.29, 1.82) is 0 Å². The van der Waals surface area contributed by atoms with Crippen LogP contribution >= 0.6 is 0 Å². The summed E-state index contributed by atoms with van der Waals surface area (Å²) in [5.41, 5.74) is 6.03. The fourth-order valence-electron chi connectivity index (χ4n) is 1.66. The average molecular weight is 208 g/mol. The molecule has 1 aromatic rings. The lowest BCUT2D eigenvalue weighted by Gasteiger charge is -2.11. The average Bonchev–Trinajstić information content (AvgIpc) is 2.90. The molecule has 1 fully saturated rings. The van der Waals surface area contributed by atoms with Crippen molar-refractivity contribution in [3.05, 3.63) is 12.4 Å². The largest absolute Gasteiger partial charge is 0.380 e. The second kappa shape index (κ2) is 3.92. The van der Waals surface area contributed by atoms with Gasteiger partial charge in [0.25, 0.3) is 0 Å². The van der Waals surface area contributed by atoms with Gasteiger partial charge < -0.3 is 11.1 Å². The van der Waals surface area contributed by atoms with Gasteiger partial charge in [-0.15, -0.1) is 0 Å². The minimum atomic E-state index is -0.375. The van der Waals surface area contributed by atoms with E-state index in [2.05, 4.69) is 17.3 Å². The lowest BCUT2D eigenvalue weighted by Crippen LogP contribution is -2.19. The van der Waals surface area contributed by atoms with Crippen LogP contribution in [0.25, 0.3) is 0 Å². The van der Waals surface area contributed by atoms with E-state index in [1.807, 2.05) is 6.20 Å². The summed E-state index contributed by atoms with van der Waals surface area (Å²) in [5, 5.41) is 7.40. The Morgan fingerprint density at radius 3 is 3.13 bits per heavy atom. The second-order valence-electron chi connectivity index (χ2n) is 4.16. The van der Waals surface area contributed by atoms with Gasteiger partial charge in [0.05, 0.1) is 11.9 Å². The molecule has 1 aliphatic carbocycles. The van der Waals surface area contributed by atoms with Gasteiger partial charge in [-0.05, 0) is 25.7 Å². The Balaban J connectivity index is 1.91. The Morgan fingerprint density at radius 2 is 2.53 bits per heavy atom. The summed E-state index contributed by atoms with van der Waals surface area (Å²) >= 11 is 0. The first-order valence-electron chi connectivity index (χ1n) is 5.22. The smallest absolute Gasteiger partial charge is 0.239 e. The van der Waals surface area contributed by atoms with Crippen LogP contribution in [0.2, 0.25) is 0 Å². The number of carbonyl (C=O) groups excluding carboxylic acids is 1. The fraction of sp³-hybridized carbons (Fsp3) is 0.600. The van der Waals surface area contributed by atoms with Crippen LogP contribution < -0.4 is 11.1 Å². The molecule has 0 bridgehead atoms. The van der Waals surface area contributed by atoms with E-state index < -0.39 is 0 Å². The summed E-state index contributed by atoms with van der Waals surface area (Å²) < 4.78 is 1.55. The molecule has 0 saturated heterocycles. The van der Waals surface area contributed by atoms with Gasteiger partial charge in [-0.1, -0.05) is 0 Å². The number of hydrogen-bond donors (Lipinski definition) is 2. The molecule has 82 valence electrons. The van der Waals surface area contributed by atoms with Crippen LogP contribution in [0, 0.1) is 5.92 Å². The Bertz CT molecular complexity index is 356.